The molecule has 0 radical (unpaired) electrons. The number of hydrogen-bond donors (Lipinski definition) is 2. The maximum absolute atomic E-state index is 12.9. The van der Waals surface area contributed by atoms with E-state index in [0.717, 1.165) is 16.7 Å². The van der Waals surface area contributed by atoms with Crippen molar-refractivity contribution in [1.29, 1.82) is 0 Å². The molecule has 0 saturated carbocycles. The van der Waals surface area contributed by atoms with Gasteiger partial charge in [-0.25, -0.2) is 5.10 Å². The van der Waals surface area contributed by atoms with Gasteiger partial charge in [0.2, 0.25) is 0 Å². The van der Waals surface area contributed by atoms with Crippen LogP contribution in [0.4, 0.5) is 5.69 Å². The Bertz CT molecular complexity index is 1160. The molecule has 136 valence electrons. The van der Waals surface area contributed by atoms with E-state index in [1.54, 1.807) is 6.07 Å². The molecule has 3 aromatic carbocycles. The third-order valence-corrected chi connectivity index (χ3v) is 4.35. The van der Waals surface area contributed by atoms with E-state index >= 15 is 0 Å². The molecule has 1 heterocycles. The normalized spacial score (nSPS) is 10.4. The summed E-state index contributed by atoms with van der Waals surface area (Å²) in [7, 11) is 0. The van der Waals surface area contributed by atoms with Crippen LogP contribution in [0.3, 0.4) is 0 Å². The third kappa shape index (κ3) is 3.73. The van der Waals surface area contributed by atoms with Gasteiger partial charge >= 0.3 is 0 Å². The average molecular weight is 367 g/mol. The van der Waals surface area contributed by atoms with Crippen LogP contribution in [0.2, 0.25) is 0 Å². The summed E-state index contributed by atoms with van der Waals surface area (Å²) in [6, 6.07) is 27.7. The Kier molecular flexibility index (Phi) is 4.80. The molecule has 0 spiro atoms. The summed E-state index contributed by atoms with van der Waals surface area (Å²) >= 11 is 0. The van der Waals surface area contributed by atoms with Crippen LogP contribution in [0.25, 0.3) is 22.4 Å². The van der Waals surface area contributed by atoms with Gasteiger partial charge in [0.1, 0.15) is 0 Å². The quantitative estimate of drug-likeness (QED) is 0.563. The number of nitrogens with zero attached hydrogens (tertiary/aromatic N) is 1. The minimum atomic E-state index is -0.259. The maximum atomic E-state index is 12.9. The van der Waals surface area contributed by atoms with Crippen molar-refractivity contribution in [2.75, 3.05) is 5.32 Å². The number of benzene rings is 3. The van der Waals surface area contributed by atoms with E-state index < -0.39 is 0 Å². The zero-order valence-electron chi connectivity index (χ0n) is 14.9. The lowest BCUT2D eigenvalue weighted by Gasteiger charge is -2.11. The van der Waals surface area contributed by atoms with E-state index in [2.05, 4.69) is 15.5 Å². The summed E-state index contributed by atoms with van der Waals surface area (Å²) in [5.41, 5.74) is 4.27. The molecular weight excluding hydrogens is 350 g/mol. The van der Waals surface area contributed by atoms with Crippen molar-refractivity contribution in [3.8, 4) is 22.4 Å². The molecule has 5 heteroatoms. The summed E-state index contributed by atoms with van der Waals surface area (Å²) in [4.78, 5) is 24.1. The Morgan fingerprint density at radius 1 is 0.786 bits per heavy atom. The number of carbonyl (C=O) groups excluding carboxylic acids is 1. The Morgan fingerprint density at radius 2 is 1.54 bits per heavy atom. The molecule has 5 nitrogen and oxygen atoms in total. The Labute approximate surface area is 161 Å². The van der Waals surface area contributed by atoms with Crippen molar-refractivity contribution >= 4 is 11.6 Å². The van der Waals surface area contributed by atoms with Crippen molar-refractivity contribution in [2.45, 2.75) is 0 Å². The van der Waals surface area contributed by atoms with E-state index in [-0.39, 0.29) is 11.5 Å². The van der Waals surface area contributed by atoms with E-state index in [1.165, 1.54) is 6.07 Å². The van der Waals surface area contributed by atoms with Gasteiger partial charge in [0.15, 0.2) is 0 Å². The van der Waals surface area contributed by atoms with Gasteiger partial charge in [-0.3, -0.25) is 9.59 Å². The molecule has 0 atom stereocenters. The predicted molar refractivity (Wildman–Crippen MR) is 110 cm³/mol. The minimum absolute atomic E-state index is 0.189. The summed E-state index contributed by atoms with van der Waals surface area (Å²) in [6.45, 7) is 0. The first-order valence-electron chi connectivity index (χ1n) is 8.83. The van der Waals surface area contributed by atoms with Crippen molar-refractivity contribution in [1.82, 2.24) is 10.2 Å². The molecule has 0 fully saturated rings. The number of aromatic amines is 1. The van der Waals surface area contributed by atoms with Crippen LogP contribution in [-0.4, -0.2) is 16.1 Å². The Hall–Kier alpha value is -3.99. The van der Waals surface area contributed by atoms with Crippen LogP contribution >= 0.6 is 0 Å². The number of hydrogen-bond acceptors (Lipinski definition) is 3. The smallest absolute Gasteiger partial charge is 0.264 e. The monoisotopic (exact) mass is 367 g/mol. The number of amides is 1. The second-order valence-corrected chi connectivity index (χ2v) is 6.25. The fourth-order valence-corrected chi connectivity index (χ4v) is 3.01. The lowest BCUT2D eigenvalue weighted by atomic mass is 9.99. The number of anilines is 1. The summed E-state index contributed by atoms with van der Waals surface area (Å²) in [5, 5.41) is 9.40. The van der Waals surface area contributed by atoms with Gasteiger partial charge in [0.05, 0.1) is 5.69 Å². The molecule has 0 unspecified atom stereocenters. The average Bonchev–Trinajstić information content (AvgIpc) is 2.75. The SMILES string of the molecule is O=C(Nc1cccc(-c2ccc(=O)[nH]n2)c1)c1ccccc1-c1ccccc1. The largest absolute Gasteiger partial charge is 0.322 e. The summed E-state index contributed by atoms with van der Waals surface area (Å²) in [5.74, 6) is -0.189. The van der Waals surface area contributed by atoms with E-state index in [9.17, 15) is 9.59 Å². The van der Waals surface area contributed by atoms with Gasteiger partial charge in [-0.15, -0.1) is 0 Å². The molecule has 1 amide bonds. The molecule has 0 bridgehead atoms. The zero-order chi connectivity index (χ0) is 19.3. The Balaban J connectivity index is 1.63. The molecule has 4 rings (SSSR count). The molecule has 28 heavy (non-hydrogen) atoms. The van der Waals surface area contributed by atoms with Crippen LogP contribution in [0.5, 0.6) is 0 Å². The van der Waals surface area contributed by atoms with Crippen LogP contribution in [0.1, 0.15) is 10.4 Å². The fourth-order valence-electron chi connectivity index (χ4n) is 3.01. The van der Waals surface area contributed by atoms with Crippen molar-refractivity contribution in [3.63, 3.8) is 0 Å². The van der Waals surface area contributed by atoms with Gasteiger partial charge in [0, 0.05) is 22.9 Å². The first kappa shape index (κ1) is 17.4. The molecule has 1 aromatic heterocycles. The van der Waals surface area contributed by atoms with Crippen LogP contribution in [-0.2, 0) is 0 Å². The van der Waals surface area contributed by atoms with Crippen LogP contribution in [0.15, 0.2) is 95.8 Å². The highest BCUT2D eigenvalue weighted by atomic mass is 16.1. The maximum Gasteiger partial charge on any atom is 0.264 e. The third-order valence-electron chi connectivity index (χ3n) is 4.35. The lowest BCUT2D eigenvalue weighted by molar-refractivity contribution is 0.102. The molecule has 0 aliphatic rings. The number of aromatic nitrogens is 2. The molecule has 0 aliphatic carbocycles. The number of rotatable bonds is 4. The second kappa shape index (κ2) is 7.72. The van der Waals surface area contributed by atoms with Crippen molar-refractivity contribution < 1.29 is 4.79 Å². The second-order valence-electron chi connectivity index (χ2n) is 6.25. The highest BCUT2D eigenvalue weighted by Crippen LogP contribution is 2.25. The van der Waals surface area contributed by atoms with Crippen molar-refractivity contribution in [2.24, 2.45) is 0 Å². The summed E-state index contributed by atoms with van der Waals surface area (Å²) in [6.07, 6.45) is 0. The van der Waals surface area contributed by atoms with Gasteiger partial charge in [-0.05, 0) is 35.4 Å². The molecular formula is C23H17N3O2. The molecule has 4 aromatic rings. The lowest BCUT2D eigenvalue weighted by Crippen LogP contribution is -2.13. The van der Waals surface area contributed by atoms with Crippen LogP contribution in [0, 0.1) is 0 Å². The molecule has 0 saturated heterocycles. The van der Waals surface area contributed by atoms with Crippen molar-refractivity contribution in [3.05, 3.63) is 107 Å². The standard InChI is InChI=1S/C23H17N3O2/c27-22-14-13-21(25-26-22)17-9-6-10-18(15-17)24-23(28)20-12-5-4-11-19(20)16-7-2-1-3-8-16/h1-15H,(H,24,28)(H,26,27). The first-order valence-corrected chi connectivity index (χ1v) is 8.83. The highest BCUT2D eigenvalue weighted by Gasteiger charge is 2.13. The summed E-state index contributed by atoms with van der Waals surface area (Å²) < 4.78 is 0. The molecule has 0 aliphatic heterocycles. The zero-order valence-corrected chi connectivity index (χ0v) is 14.9. The number of nitrogens with one attached hydrogen (secondary N) is 2. The van der Waals surface area contributed by atoms with E-state index in [1.807, 2.05) is 78.9 Å². The minimum Gasteiger partial charge on any atom is -0.322 e. The van der Waals surface area contributed by atoms with Gasteiger partial charge in [0.25, 0.3) is 11.5 Å². The van der Waals surface area contributed by atoms with E-state index in [4.69, 9.17) is 0 Å². The molecule has 2 N–H and O–H groups in total. The highest BCUT2D eigenvalue weighted by molar-refractivity contribution is 6.08. The number of carbonyl (C=O) groups is 1. The van der Waals surface area contributed by atoms with Crippen LogP contribution < -0.4 is 10.9 Å². The topological polar surface area (TPSA) is 74.8 Å². The fraction of sp³-hybridized carbons (Fsp3) is 0. The first-order chi connectivity index (χ1) is 13.7. The van der Waals surface area contributed by atoms with Gasteiger partial charge in [-0.1, -0.05) is 60.7 Å². The predicted octanol–water partition coefficient (Wildman–Crippen LogP) is 4.36. The Morgan fingerprint density at radius 3 is 2.32 bits per heavy atom. The van der Waals surface area contributed by atoms with Gasteiger partial charge in [-0.2, -0.15) is 5.10 Å². The number of H-pyrrole nitrogens is 1. The van der Waals surface area contributed by atoms with Gasteiger partial charge < -0.3 is 5.32 Å². The van der Waals surface area contributed by atoms with E-state index in [0.29, 0.717) is 16.9 Å².